The summed E-state index contributed by atoms with van der Waals surface area (Å²) in [6.07, 6.45) is 0. The fourth-order valence-corrected chi connectivity index (χ4v) is 1.88. The standard InChI is InChI=1S/C16H23N3O3/c1-11-7-5-6-8-12(11)14(21)18-9-13(20)19-10-16(2,3)15(22)17-4/h5-8H,9-10H2,1-4H3,(H,17,22)(H,18,21)(H,19,20). The lowest BCUT2D eigenvalue weighted by Crippen LogP contribution is -2.46. The number of rotatable bonds is 6. The molecule has 6 heteroatoms. The second-order valence-corrected chi connectivity index (χ2v) is 5.74. The smallest absolute Gasteiger partial charge is 0.251 e. The monoisotopic (exact) mass is 305 g/mol. The molecule has 0 aliphatic rings. The van der Waals surface area contributed by atoms with E-state index < -0.39 is 5.41 Å². The Kier molecular flexibility index (Phi) is 6.10. The van der Waals surface area contributed by atoms with Crippen molar-refractivity contribution in [1.29, 1.82) is 0 Å². The molecule has 0 bridgehead atoms. The fraction of sp³-hybridized carbons (Fsp3) is 0.438. The van der Waals surface area contributed by atoms with Gasteiger partial charge in [-0.1, -0.05) is 18.2 Å². The Morgan fingerprint density at radius 3 is 2.32 bits per heavy atom. The van der Waals surface area contributed by atoms with Crippen LogP contribution in [0.25, 0.3) is 0 Å². The number of carbonyl (C=O) groups excluding carboxylic acids is 3. The average molecular weight is 305 g/mol. The van der Waals surface area contributed by atoms with Crippen LogP contribution in [0.1, 0.15) is 29.8 Å². The molecule has 0 aliphatic heterocycles. The minimum Gasteiger partial charge on any atom is -0.359 e. The van der Waals surface area contributed by atoms with Crippen LogP contribution in [0, 0.1) is 12.3 Å². The van der Waals surface area contributed by atoms with Crippen molar-refractivity contribution in [2.45, 2.75) is 20.8 Å². The van der Waals surface area contributed by atoms with Crippen molar-refractivity contribution in [3.05, 3.63) is 35.4 Å². The number of amides is 3. The van der Waals surface area contributed by atoms with Crippen molar-refractivity contribution < 1.29 is 14.4 Å². The quantitative estimate of drug-likeness (QED) is 0.720. The van der Waals surface area contributed by atoms with E-state index in [-0.39, 0.29) is 30.8 Å². The molecule has 0 aromatic heterocycles. The van der Waals surface area contributed by atoms with Gasteiger partial charge in [0.1, 0.15) is 0 Å². The average Bonchev–Trinajstić information content (AvgIpc) is 2.50. The Morgan fingerprint density at radius 1 is 1.09 bits per heavy atom. The van der Waals surface area contributed by atoms with E-state index in [4.69, 9.17) is 0 Å². The number of hydrogen-bond acceptors (Lipinski definition) is 3. The molecular formula is C16H23N3O3. The van der Waals surface area contributed by atoms with E-state index in [1.807, 2.05) is 19.1 Å². The zero-order valence-corrected chi connectivity index (χ0v) is 13.4. The molecule has 1 rings (SSSR count). The van der Waals surface area contributed by atoms with Gasteiger partial charge in [0.15, 0.2) is 0 Å². The Balaban J connectivity index is 2.46. The van der Waals surface area contributed by atoms with Crippen LogP contribution >= 0.6 is 0 Å². The third kappa shape index (κ3) is 4.87. The van der Waals surface area contributed by atoms with Gasteiger partial charge in [-0.3, -0.25) is 14.4 Å². The SMILES string of the molecule is CNC(=O)C(C)(C)CNC(=O)CNC(=O)c1ccccc1C. The molecule has 0 radical (unpaired) electrons. The molecule has 0 unspecified atom stereocenters. The molecule has 0 atom stereocenters. The van der Waals surface area contributed by atoms with Crippen molar-refractivity contribution in [3.63, 3.8) is 0 Å². The normalized spacial score (nSPS) is 10.7. The van der Waals surface area contributed by atoms with Crippen molar-refractivity contribution in [3.8, 4) is 0 Å². The maximum Gasteiger partial charge on any atom is 0.251 e. The number of carbonyl (C=O) groups is 3. The number of benzene rings is 1. The van der Waals surface area contributed by atoms with E-state index in [9.17, 15) is 14.4 Å². The summed E-state index contributed by atoms with van der Waals surface area (Å²) in [5, 5.41) is 7.76. The van der Waals surface area contributed by atoms with Gasteiger partial charge < -0.3 is 16.0 Å². The van der Waals surface area contributed by atoms with Crippen LogP contribution in [-0.4, -0.2) is 37.9 Å². The van der Waals surface area contributed by atoms with Crippen LogP contribution in [0.15, 0.2) is 24.3 Å². The highest BCUT2D eigenvalue weighted by molar-refractivity contribution is 5.97. The lowest BCUT2D eigenvalue weighted by atomic mass is 9.92. The topological polar surface area (TPSA) is 87.3 Å². The molecule has 0 fully saturated rings. The number of aryl methyl sites for hydroxylation is 1. The Bertz CT molecular complexity index is 568. The van der Waals surface area contributed by atoms with Crippen LogP contribution in [-0.2, 0) is 9.59 Å². The van der Waals surface area contributed by atoms with Crippen LogP contribution < -0.4 is 16.0 Å². The van der Waals surface area contributed by atoms with Gasteiger partial charge in [0, 0.05) is 19.2 Å². The third-order valence-corrected chi connectivity index (χ3v) is 3.37. The lowest BCUT2D eigenvalue weighted by Gasteiger charge is -2.22. The summed E-state index contributed by atoms with van der Waals surface area (Å²) in [5.74, 6) is -0.783. The molecule has 120 valence electrons. The lowest BCUT2D eigenvalue weighted by molar-refractivity contribution is -0.129. The van der Waals surface area contributed by atoms with Gasteiger partial charge in [-0.15, -0.1) is 0 Å². The van der Waals surface area contributed by atoms with Gasteiger partial charge in [0.25, 0.3) is 5.91 Å². The number of nitrogens with one attached hydrogen (secondary N) is 3. The minimum absolute atomic E-state index is 0.128. The van der Waals surface area contributed by atoms with Gasteiger partial charge in [0.2, 0.25) is 11.8 Å². The molecule has 0 aliphatic carbocycles. The van der Waals surface area contributed by atoms with Gasteiger partial charge in [0.05, 0.1) is 12.0 Å². The summed E-state index contributed by atoms with van der Waals surface area (Å²) in [5.41, 5.74) is 0.687. The summed E-state index contributed by atoms with van der Waals surface area (Å²) in [6, 6.07) is 7.16. The zero-order valence-electron chi connectivity index (χ0n) is 13.4. The van der Waals surface area contributed by atoms with E-state index in [1.165, 1.54) is 0 Å². The molecule has 3 N–H and O–H groups in total. The molecule has 6 nitrogen and oxygen atoms in total. The Hall–Kier alpha value is -2.37. The van der Waals surface area contributed by atoms with Crippen LogP contribution in [0.4, 0.5) is 0 Å². The fourth-order valence-electron chi connectivity index (χ4n) is 1.88. The van der Waals surface area contributed by atoms with Crippen molar-refractivity contribution in [2.24, 2.45) is 5.41 Å². The highest BCUT2D eigenvalue weighted by Crippen LogP contribution is 2.12. The number of hydrogen-bond donors (Lipinski definition) is 3. The maximum absolute atomic E-state index is 12.0. The molecule has 1 aromatic rings. The molecule has 0 saturated carbocycles. The Morgan fingerprint density at radius 2 is 1.73 bits per heavy atom. The highest BCUT2D eigenvalue weighted by Gasteiger charge is 2.27. The zero-order chi connectivity index (χ0) is 16.8. The summed E-state index contributed by atoms with van der Waals surface area (Å²) >= 11 is 0. The first-order valence-corrected chi connectivity index (χ1v) is 7.10. The van der Waals surface area contributed by atoms with Crippen molar-refractivity contribution in [1.82, 2.24) is 16.0 Å². The van der Waals surface area contributed by atoms with E-state index in [0.29, 0.717) is 5.56 Å². The van der Waals surface area contributed by atoms with Crippen molar-refractivity contribution in [2.75, 3.05) is 20.1 Å². The minimum atomic E-state index is -0.704. The molecule has 0 heterocycles. The first-order valence-electron chi connectivity index (χ1n) is 7.10. The van der Waals surface area contributed by atoms with Crippen molar-refractivity contribution >= 4 is 17.7 Å². The van der Waals surface area contributed by atoms with E-state index >= 15 is 0 Å². The molecular weight excluding hydrogens is 282 g/mol. The van der Waals surface area contributed by atoms with Gasteiger partial charge in [-0.25, -0.2) is 0 Å². The molecule has 0 spiro atoms. The second kappa shape index (κ2) is 7.59. The predicted molar refractivity (Wildman–Crippen MR) is 84.4 cm³/mol. The molecule has 3 amide bonds. The highest BCUT2D eigenvalue weighted by atomic mass is 16.2. The second-order valence-electron chi connectivity index (χ2n) is 5.74. The van der Waals surface area contributed by atoms with Gasteiger partial charge >= 0.3 is 0 Å². The van der Waals surface area contributed by atoms with Crippen LogP contribution in [0.2, 0.25) is 0 Å². The van der Waals surface area contributed by atoms with E-state index in [1.54, 1.807) is 33.0 Å². The van der Waals surface area contributed by atoms with Crippen LogP contribution in [0.3, 0.4) is 0 Å². The largest absolute Gasteiger partial charge is 0.359 e. The van der Waals surface area contributed by atoms with Gasteiger partial charge in [-0.05, 0) is 32.4 Å². The maximum atomic E-state index is 12.0. The summed E-state index contributed by atoms with van der Waals surface area (Å²) < 4.78 is 0. The molecule has 1 aromatic carbocycles. The summed E-state index contributed by atoms with van der Waals surface area (Å²) in [6.45, 7) is 5.37. The summed E-state index contributed by atoms with van der Waals surface area (Å²) in [4.78, 5) is 35.3. The van der Waals surface area contributed by atoms with E-state index in [2.05, 4.69) is 16.0 Å². The first-order chi connectivity index (χ1) is 10.3. The Labute approximate surface area is 130 Å². The van der Waals surface area contributed by atoms with Crippen LogP contribution in [0.5, 0.6) is 0 Å². The van der Waals surface area contributed by atoms with Gasteiger partial charge in [-0.2, -0.15) is 0 Å². The molecule has 0 saturated heterocycles. The van der Waals surface area contributed by atoms with E-state index in [0.717, 1.165) is 5.56 Å². The predicted octanol–water partition coefficient (Wildman–Crippen LogP) is 0.613. The molecule has 22 heavy (non-hydrogen) atoms. The third-order valence-electron chi connectivity index (χ3n) is 3.37. The first kappa shape index (κ1) is 17.7. The summed E-state index contributed by atoms with van der Waals surface area (Å²) in [7, 11) is 1.55.